The van der Waals surface area contributed by atoms with Crippen LogP contribution in [0.3, 0.4) is 0 Å². The summed E-state index contributed by atoms with van der Waals surface area (Å²) in [7, 11) is 4.15. The standard InChI is InChI=1S/C22H39N5O3/c1-14-13-26(21(29)20-6-5-9-30-20)19-10-16(7-8-18(19)27(14)15(2)28)17-11-23-22(24-12-17)25(3)4/h14,16-20,22-24H,5-13H2,1-4H3/t14-,16?,17?,18?,19?,20?,22?/m0/s1. The lowest BCUT2D eigenvalue weighted by molar-refractivity contribution is -0.160. The van der Waals surface area contributed by atoms with E-state index in [1.54, 1.807) is 6.92 Å². The van der Waals surface area contributed by atoms with Gasteiger partial charge in [0.1, 0.15) is 12.4 Å². The molecule has 0 bridgehead atoms. The Kier molecular flexibility index (Phi) is 6.67. The number of rotatable bonds is 3. The maximum absolute atomic E-state index is 13.3. The largest absolute Gasteiger partial charge is 0.368 e. The van der Waals surface area contributed by atoms with Crippen molar-refractivity contribution in [3.8, 4) is 0 Å². The van der Waals surface area contributed by atoms with Gasteiger partial charge in [0.05, 0.1) is 12.1 Å². The van der Waals surface area contributed by atoms with Gasteiger partial charge in [0.15, 0.2) is 0 Å². The number of amides is 2. The summed E-state index contributed by atoms with van der Waals surface area (Å²) in [5.41, 5.74) is 0. The number of nitrogens with one attached hydrogen (secondary N) is 2. The van der Waals surface area contributed by atoms with Crippen LogP contribution in [-0.2, 0) is 14.3 Å². The smallest absolute Gasteiger partial charge is 0.252 e. The second-order valence-corrected chi connectivity index (χ2v) is 9.92. The normalized spacial score (nSPS) is 39.8. The minimum absolute atomic E-state index is 0.0597. The van der Waals surface area contributed by atoms with Gasteiger partial charge in [-0.15, -0.1) is 0 Å². The Bertz CT molecular complexity index is 630. The number of hydrogen-bond donors (Lipinski definition) is 2. The second-order valence-electron chi connectivity index (χ2n) is 9.92. The van der Waals surface area contributed by atoms with Gasteiger partial charge in [-0.25, -0.2) is 0 Å². The van der Waals surface area contributed by atoms with Gasteiger partial charge in [0.25, 0.3) is 5.91 Å². The number of fused-ring (bicyclic) bond motifs is 1. The summed E-state index contributed by atoms with van der Waals surface area (Å²) < 4.78 is 5.74. The van der Waals surface area contributed by atoms with Crippen molar-refractivity contribution in [2.45, 2.75) is 76.5 Å². The van der Waals surface area contributed by atoms with Gasteiger partial charge in [-0.2, -0.15) is 0 Å². The minimum atomic E-state index is -0.291. The van der Waals surface area contributed by atoms with E-state index in [4.69, 9.17) is 4.74 Å². The van der Waals surface area contributed by atoms with Crippen molar-refractivity contribution in [3.63, 3.8) is 0 Å². The quantitative estimate of drug-likeness (QED) is 0.689. The van der Waals surface area contributed by atoms with E-state index in [0.717, 1.165) is 45.2 Å². The highest BCUT2D eigenvalue weighted by Crippen LogP contribution is 2.39. The maximum Gasteiger partial charge on any atom is 0.252 e. The lowest BCUT2D eigenvalue weighted by Crippen LogP contribution is -2.68. The molecule has 4 unspecified atom stereocenters. The Hall–Kier alpha value is -1.22. The molecule has 0 radical (unpaired) electrons. The zero-order valence-electron chi connectivity index (χ0n) is 19.0. The van der Waals surface area contributed by atoms with Gasteiger partial charge in [-0.1, -0.05) is 0 Å². The third-order valence-electron chi connectivity index (χ3n) is 7.70. The third kappa shape index (κ3) is 4.24. The number of carbonyl (C=O) groups is 2. The highest BCUT2D eigenvalue weighted by atomic mass is 16.5. The van der Waals surface area contributed by atoms with Crippen molar-refractivity contribution in [1.29, 1.82) is 0 Å². The number of hydrogen-bond acceptors (Lipinski definition) is 6. The van der Waals surface area contributed by atoms with Crippen molar-refractivity contribution in [2.75, 3.05) is 40.3 Å². The van der Waals surface area contributed by atoms with E-state index < -0.39 is 0 Å². The molecule has 1 saturated carbocycles. The zero-order chi connectivity index (χ0) is 21.4. The van der Waals surface area contributed by atoms with Crippen LogP contribution in [0.4, 0.5) is 0 Å². The Morgan fingerprint density at radius 2 is 1.77 bits per heavy atom. The van der Waals surface area contributed by atoms with E-state index in [0.29, 0.717) is 25.0 Å². The number of carbonyl (C=O) groups excluding carboxylic acids is 2. The Morgan fingerprint density at radius 1 is 1.03 bits per heavy atom. The summed E-state index contributed by atoms with van der Waals surface area (Å²) in [6, 6.07) is 0.295. The molecule has 1 aliphatic carbocycles. The van der Waals surface area contributed by atoms with Gasteiger partial charge in [0.2, 0.25) is 5.91 Å². The van der Waals surface area contributed by atoms with E-state index in [9.17, 15) is 9.59 Å². The molecule has 4 rings (SSSR count). The lowest BCUT2D eigenvalue weighted by Gasteiger charge is -2.55. The van der Waals surface area contributed by atoms with Crippen LogP contribution in [0.5, 0.6) is 0 Å². The molecule has 8 heteroatoms. The SMILES string of the molecule is CC(=O)N1C2CCC(C3CNC(N(C)C)NC3)CC2N(C(=O)C2CCCO2)C[C@@H]1C. The van der Waals surface area contributed by atoms with Crippen LogP contribution in [0.2, 0.25) is 0 Å². The average Bonchev–Trinajstić information content (AvgIpc) is 3.27. The minimum Gasteiger partial charge on any atom is -0.368 e. The summed E-state index contributed by atoms with van der Waals surface area (Å²) in [6.45, 7) is 7.04. The fourth-order valence-electron chi connectivity index (χ4n) is 6.21. The molecule has 2 N–H and O–H groups in total. The molecular formula is C22H39N5O3. The highest BCUT2D eigenvalue weighted by Gasteiger charge is 2.48. The van der Waals surface area contributed by atoms with Gasteiger partial charge < -0.3 is 14.5 Å². The summed E-state index contributed by atoms with van der Waals surface area (Å²) in [6.07, 6.45) is 4.77. The van der Waals surface area contributed by atoms with Gasteiger partial charge in [-0.05, 0) is 65.0 Å². The Morgan fingerprint density at radius 3 is 2.37 bits per heavy atom. The second kappa shape index (κ2) is 9.10. The van der Waals surface area contributed by atoms with E-state index in [2.05, 4.69) is 46.4 Å². The predicted octanol–water partition coefficient (Wildman–Crippen LogP) is 0.436. The monoisotopic (exact) mass is 421 g/mol. The van der Waals surface area contributed by atoms with Crippen molar-refractivity contribution >= 4 is 11.8 Å². The molecule has 0 aromatic heterocycles. The number of nitrogens with zero attached hydrogens (tertiary/aromatic N) is 3. The van der Waals surface area contributed by atoms with E-state index in [1.807, 2.05) is 0 Å². The molecule has 3 heterocycles. The molecule has 170 valence electrons. The van der Waals surface area contributed by atoms with E-state index >= 15 is 0 Å². The average molecular weight is 422 g/mol. The molecular weight excluding hydrogens is 382 g/mol. The number of ether oxygens (including phenoxy) is 1. The molecule has 3 saturated heterocycles. The van der Waals surface area contributed by atoms with Crippen LogP contribution in [-0.4, -0.2) is 97.4 Å². The van der Waals surface area contributed by atoms with Gasteiger partial charge in [-0.3, -0.25) is 25.1 Å². The highest BCUT2D eigenvalue weighted by molar-refractivity contribution is 5.82. The maximum atomic E-state index is 13.3. The Balaban J connectivity index is 1.49. The number of piperazine rings is 1. The Labute approximate surface area is 180 Å². The van der Waals surface area contributed by atoms with E-state index in [-0.39, 0.29) is 42.3 Å². The topological polar surface area (TPSA) is 77.2 Å². The predicted molar refractivity (Wildman–Crippen MR) is 115 cm³/mol. The molecule has 0 aromatic rings. The van der Waals surface area contributed by atoms with E-state index in [1.165, 1.54) is 0 Å². The fourth-order valence-corrected chi connectivity index (χ4v) is 6.21. The zero-order valence-corrected chi connectivity index (χ0v) is 19.0. The molecule has 4 aliphatic rings. The first-order valence-electron chi connectivity index (χ1n) is 11.7. The summed E-state index contributed by atoms with van der Waals surface area (Å²) >= 11 is 0. The first-order chi connectivity index (χ1) is 14.4. The summed E-state index contributed by atoms with van der Waals surface area (Å²) in [5.74, 6) is 1.38. The molecule has 0 spiro atoms. The van der Waals surface area contributed by atoms with Crippen molar-refractivity contribution in [1.82, 2.24) is 25.3 Å². The van der Waals surface area contributed by atoms with Gasteiger partial charge in [0, 0.05) is 39.2 Å². The van der Waals surface area contributed by atoms with Crippen LogP contribution in [0.25, 0.3) is 0 Å². The van der Waals surface area contributed by atoms with Crippen LogP contribution < -0.4 is 10.6 Å². The fraction of sp³-hybridized carbons (Fsp3) is 0.909. The first kappa shape index (κ1) is 22.0. The van der Waals surface area contributed by atoms with Crippen LogP contribution in [0.1, 0.15) is 46.0 Å². The first-order valence-corrected chi connectivity index (χ1v) is 11.7. The summed E-state index contributed by atoms with van der Waals surface area (Å²) in [4.78, 5) is 32.1. The molecule has 4 fully saturated rings. The molecule has 0 aromatic carbocycles. The van der Waals surface area contributed by atoms with Crippen molar-refractivity contribution in [3.05, 3.63) is 0 Å². The molecule has 2 amide bonds. The lowest BCUT2D eigenvalue weighted by atomic mass is 9.73. The molecule has 8 nitrogen and oxygen atoms in total. The molecule has 3 aliphatic heterocycles. The van der Waals surface area contributed by atoms with Crippen LogP contribution in [0, 0.1) is 11.8 Å². The van der Waals surface area contributed by atoms with Crippen molar-refractivity contribution in [2.24, 2.45) is 11.8 Å². The third-order valence-corrected chi connectivity index (χ3v) is 7.70. The summed E-state index contributed by atoms with van der Waals surface area (Å²) in [5, 5.41) is 7.20. The van der Waals surface area contributed by atoms with Gasteiger partial charge >= 0.3 is 0 Å². The van der Waals surface area contributed by atoms with Crippen molar-refractivity contribution < 1.29 is 14.3 Å². The van der Waals surface area contributed by atoms with Crippen LogP contribution >= 0.6 is 0 Å². The molecule has 5 atom stereocenters. The van der Waals surface area contributed by atoms with Crippen LogP contribution in [0.15, 0.2) is 0 Å². The molecule has 30 heavy (non-hydrogen) atoms.